The third-order valence-electron chi connectivity index (χ3n) is 2.85. The van der Waals surface area contributed by atoms with E-state index >= 15 is 0 Å². The second-order valence-corrected chi connectivity index (χ2v) is 4.70. The molecule has 1 aliphatic rings. The molecule has 1 saturated heterocycles. The van der Waals surface area contributed by atoms with Gasteiger partial charge in [-0.3, -0.25) is 0 Å². The third kappa shape index (κ3) is 2.69. The fourth-order valence-corrected chi connectivity index (χ4v) is 2.33. The van der Waals surface area contributed by atoms with Crippen molar-refractivity contribution in [2.45, 2.75) is 18.9 Å². The summed E-state index contributed by atoms with van der Waals surface area (Å²) in [4.78, 5) is 6.82. The number of rotatable bonds is 2. The Morgan fingerprint density at radius 3 is 3.13 bits per heavy atom. The molecule has 0 bridgehead atoms. The minimum Gasteiger partial charge on any atom is -0.355 e. The lowest BCUT2D eigenvalue weighted by Crippen LogP contribution is -2.44. The molecule has 0 spiro atoms. The molecule has 1 fully saturated rings. The summed E-state index contributed by atoms with van der Waals surface area (Å²) in [5.41, 5.74) is 0. The fourth-order valence-electron chi connectivity index (χ4n) is 1.99. The van der Waals surface area contributed by atoms with Crippen molar-refractivity contribution in [2.24, 2.45) is 0 Å². The Hall–Kier alpha value is -0.610. The van der Waals surface area contributed by atoms with Gasteiger partial charge in [-0.2, -0.15) is 0 Å². The number of piperidine rings is 1. The van der Waals surface area contributed by atoms with Gasteiger partial charge in [-0.05, 0) is 48.0 Å². The first-order chi connectivity index (χ1) is 7.29. The summed E-state index contributed by atoms with van der Waals surface area (Å²) < 4.78 is 0.909. The maximum Gasteiger partial charge on any atom is 0.129 e. The quantitative estimate of drug-likeness (QED) is 0.833. The van der Waals surface area contributed by atoms with Crippen LogP contribution in [0.3, 0.4) is 0 Å². The highest BCUT2D eigenvalue weighted by Crippen LogP contribution is 2.19. The lowest BCUT2D eigenvalue weighted by Gasteiger charge is -2.33. The average molecular weight is 270 g/mol. The number of hydrogen-bond donors (Lipinski definition) is 1. The molecule has 0 amide bonds. The van der Waals surface area contributed by atoms with Crippen molar-refractivity contribution in [3.8, 4) is 0 Å². The summed E-state index contributed by atoms with van der Waals surface area (Å²) in [6, 6.07) is 6.67. The van der Waals surface area contributed by atoms with Gasteiger partial charge in [0.1, 0.15) is 10.4 Å². The number of likely N-dealkylation sites (N-methyl/N-ethyl adjacent to an activating group) is 1. The minimum atomic E-state index is 0.597. The lowest BCUT2D eigenvalue weighted by atomic mass is 10.1. The van der Waals surface area contributed by atoms with Crippen molar-refractivity contribution in [2.75, 3.05) is 25.0 Å². The van der Waals surface area contributed by atoms with Crippen LogP contribution in [0.25, 0.3) is 0 Å². The number of pyridine rings is 1. The van der Waals surface area contributed by atoms with Gasteiger partial charge < -0.3 is 10.2 Å². The molecule has 0 saturated carbocycles. The van der Waals surface area contributed by atoms with Crippen LogP contribution in [-0.2, 0) is 0 Å². The number of halogens is 1. The predicted octanol–water partition coefficient (Wildman–Crippen LogP) is 2.03. The van der Waals surface area contributed by atoms with Gasteiger partial charge in [-0.25, -0.2) is 4.98 Å². The maximum absolute atomic E-state index is 4.48. The smallest absolute Gasteiger partial charge is 0.129 e. The normalized spacial score (nSPS) is 21.7. The standard InChI is InChI=1S/C11H16BrN3/c1-13-9-4-3-7-15(8-9)11-6-2-5-10(12)14-11/h2,5-6,9,13H,3-4,7-8H2,1H3/t9-/m1/s1. The van der Waals surface area contributed by atoms with Crippen LogP contribution in [0.4, 0.5) is 5.82 Å². The van der Waals surface area contributed by atoms with Gasteiger partial charge >= 0.3 is 0 Å². The van der Waals surface area contributed by atoms with E-state index in [0.29, 0.717) is 6.04 Å². The van der Waals surface area contributed by atoms with E-state index in [4.69, 9.17) is 0 Å². The van der Waals surface area contributed by atoms with E-state index in [1.165, 1.54) is 12.8 Å². The van der Waals surface area contributed by atoms with Crippen molar-refractivity contribution in [1.29, 1.82) is 0 Å². The first-order valence-corrected chi connectivity index (χ1v) is 6.13. The second kappa shape index (κ2) is 4.94. The molecule has 3 nitrogen and oxygen atoms in total. The van der Waals surface area contributed by atoms with Crippen LogP contribution in [0.5, 0.6) is 0 Å². The van der Waals surface area contributed by atoms with Gasteiger partial charge in [0.05, 0.1) is 0 Å². The van der Waals surface area contributed by atoms with Gasteiger partial charge in [0, 0.05) is 19.1 Å². The number of anilines is 1. The molecule has 2 heterocycles. The Labute approximate surface area is 99.0 Å². The highest BCUT2D eigenvalue weighted by molar-refractivity contribution is 9.10. The first-order valence-electron chi connectivity index (χ1n) is 5.34. The van der Waals surface area contributed by atoms with E-state index in [2.05, 4.69) is 37.2 Å². The number of hydrogen-bond acceptors (Lipinski definition) is 3. The van der Waals surface area contributed by atoms with Crippen molar-refractivity contribution in [1.82, 2.24) is 10.3 Å². The van der Waals surface area contributed by atoms with Gasteiger partial charge in [-0.15, -0.1) is 0 Å². The Kier molecular flexibility index (Phi) is 3.59. The highest BCUT2D eigenvalue weighted by atomic mass is 79.9. The van der Waals surface area contributed by atoms with E-state index in [0.717, 1.165) is 23.5 Å². The van der Waals surface area contributed by atoms with Gasteiger partial charge in [0.2, 0.25) is 0 Å². The Balaban J connectivity index is 2.09. The largest absolute Gasteiger partial charge is 0.355 e. The van der Waals surface area contributed by atoms with Crippen LogP contribution < -0.4 is 10.2 Å². The monoisotopic (exact) mass is 269 g/mol. The van der Waals surface area contributed by atoms with Crippen molar-refractivity contribution >= 4 is 21.7 Å². The molecule has 0 radical (unpaired) electrons. The molecule has 0 aliphatic carbocycles. The first kappa shape index (κ1) is 10.9. The van der Waals surface area contributed by atoms with Crippen LogP contribution in [-0.4, -0.2) is 31.2 Å². The second-order valence-electron chi connectivity index (χ2n) is 3.89. The molecular formula is C11H16BrN3. The molecule has 82 valence electrons. The fraction of sp³-hybridized carbons (Fsp3) is 0.545. The van der Waals surface area contributed by atoms with Crippen molar-refractivity contribution < 1.29 is 0 Å². The van der Waals surface area contributed by atoms with Crippen LogP contribution in [0.2, 0.25) is 0 Å². The van der Waals surface area contributed by atoms with Crippen LogP contribution >= 0.6 is 15.9 Å². The van der Waals surface area contributed by atoms with E-state index in [9.17, 15) is 0 Å². The third-order valence-corrected chi connectivity index (χ3v) is 3.30. The zero-order valence-electron chi connectivity index (χ0n) is 8.91. The molecule has 1 atom stereocenters. The predicted molar refractivity (Wildman–Crippen MR) is 66.2 cm³/mol. The summed E-state index contributed by atoms with van der Waals surface area (Å²) in [6.45, 7) is 2.17. The maximum atomic E-state index is 4.48. The van der Waals surface area contributed by atoms with Gasteiger partial charge in [0.25, 0.3) is 0 Å². The zero-order valence-corrected chi connectivity index (χ0v) is 10.5. The van der Waals surface area contributed by atoms with Crippen LogP contribution in [0, 0.1) is 0 Å². The van der Waals surface area contributed by atoms with Gasteiger partial charge in [-0.1, -0.05) is 6.07 Å². The van der Waals surface area contributed by atoms with E-state index in [-0.39, 0.29) is 0 Å². The highest BCUT2D eigenvalue weighted by Gasteiger charge is 2.19. The summed E-state index contributed by atoms with van der Waals surface area (Å²) >= 11 is 3.41. The Morgan fingerprint density at radius 2 is 2.40 bits per heavy atom. The molecule has 2 rings (SSSR count). The van der Waals surface area contributed by atoms with Crippen LogP contribution in [0.1, 0.15) is 12.8 Å². The lowest BCUT2D eigenvalue weighted by molar-refractivity contribution is 0.447. The SMILES string of the molecule is CN[C@@H]1CCCN(c2cccc(Br)n2)C1. The Bertz CT molecular complexity index is 329. The minimum absolute atomic E-state index is 0.597. The van der Waals surface area contributed by atoms with E-state index in [1.54, 1.807) is 0 Å². The molecule has 1 aliphatic heterocycles. The molecule has 1 aromatic heterocycles. The molecule has 1 aromatic rings. The summed E-state index contributed by atoms with van der Waals surface area (Å²) in [6.07, 6.45) is 2.50. The summed E-state index contributed by atoms with van der Waals surface area (Å²) in [5.74, 6) is 1.07. The molecular weight excluding hydrogens is 254 g/mol. The number of aromatic nitrogens is 1. The summed E-state index contributed by atoms with van der Waals surface area (Å²) in [5, 5.41) is 3.34. The zero-order chi connectivity index (χ0) is 10.7. The molecule has 4 heteroatoms. The van der Waals surface area contributed by atoms with E-state index < -0.39 is 0 Å². The summed E-state index contributed by atoms with van der Waals surface area (Å²) in [7, 11) is 2.03. The average Bonchev–Trinajstić information content (AvgIpc) is 2.29. The van der Waals surface area contributed by atoms with Crippen molar-refractivity contribution in [3.05, 3.63) is 22.8 Å². The van der Waals surface area contributed by atoms with Gasteiger partial charge in [0.15, 0.2) is 0 Å². The topological polar surface area (TPSA) is 28.2 Å². The molecule has 0 unspecified atom stereocenters. The van der Waals surface area contributed by atoms with E-state index in [1.807, 2.05) is 19.2 Å². The Morgan fingerprint density at radius 1 is 1.53 bits per heavy atom. The molecule has 15 heavy (non-hydrogen) atoms. The molecule has 1 N–H and O–H groups in total. The number of nitrogens with one attached hydrogen (secondary N) is 1. The van der Waals surface area contributed by atoms with Crippen LogP contribution in [0.15, 0.2) is 22.8 Å². The number of nitrogens with zero attached hydrogens (tertiary/aromatic N) is 2. The molecule has 0 aromatic carbocycles. The van der Waals surface area contributed by atoms with Crippen molar-refractivity contribution in [3.63, 3.8) is 0 Å².